The number of aromatic nitrogens is 3. The van der Waals surface area contributed by atoms with Gasteiger partial charge in [0.1, 0.15) is 66.7 Å². The Labute approximate surface area is 487 Å². The Morgan fingerprint density at radius 1 is 0.843 bits per heavy atom. The number of amides is 1. The van der Waals surface area contributed by atoms with E-state index >= 15 is 17.6 Å². The van der Waals surface area contributed by atoms with Crippen molar-refractivity contribution in [3.05, 3.63) is 106 Å². The number of benzene rings is 4. The van der Waals surface area contributed by atoms with Crippen LogP contribution in [0.15, 0.2) is 66.7 Å². The summed E-state index contributed by atoms with van der Waals surface area (Å²) in [6, 6.07) is 19.1. The van der Waals surface area contributed by atoms with Crippen LogP contribution in [-0.2, 0) is 24.2 Å². The Balaban J connectivity index is 1.17. The van der Waals surface area contributed by atoms with E-state index in [2.05, 4.69) is 62.8 Å². The number of piperazine rings is 1. The molecule has 0 spiro atoms. The zero-order chi connectivity index (χ0) is 59.0. The molecule has 0 aliphatic carbocycles. The van der Waals surface area contributed by atoms with Gasteiger partial charge in [0, 0.05) is 43.5 Å². The lowest BCUT2D eigenvalue weighted by atomic mass is 9.86. The van der Waals surface area contributed by atoms with Gasteiger partial charge in [-0.2, -0.15) is 9.97 Å². The van der Waals surface area contributed by atoms with Crippen molar-refractivity contribution in [2.75, 3.05) is 50.3 Å². The number of fused-ring (bicyclic) bond motifs is 7. The zero-order valence-corrected chi connectivity index (χ0v) is 51.1. The molecule has 0 radical (unpaired) electrons. The fraction of sp³-hybridized carbons (Fsp3) is 0.515. The van der Waals surface area contributed by atoms with Crippen molar-refractivity contribution in [2.45, 2.75) is 173 Å². The molecular formula is C66H79F4N7O5Si. The fourth-order valence-electron chi connectivity index (χ4n) is 15.1. The van der Waals surface area contributed by atoms with Crippen LogP contribution in [0.5, 0.6) is 17.5 Å². The predicted molar refractivity (Wildman–Crippen MR) is 321 cm³/mol. The molecule has 440 valence electrons. The number of pyridine rings is 1. The van der Waals surface area contributed by atoms with E-state index < -0.39 is 60.5 Å². The Morgan fingerprint density at radius 3 is 2.11 bits per heavy atom. The molecule has 4 saturated heterocycles. The summed E-state index contributed by atoms with van der Waals surface area (Å²) in [5.41, 5.74) is 4.24. The van der Waals surface area contributed by atoms with E-state index in [4.69, 9.17) is 33.9 Å². The van der Waals surface area contributed by atoms with Crippen LogP contribution >= 0.6 is 0 Å². The van der Waals surface area contributed by atoms with Gasteiger partial charge in [0.15, 0.2) is 5.82 Å². The largest absolute Gasteiger partial charge is 0.497 e. The highest BCUT2D eigenvalue weighted by Crippen LogP contribution is 2.50. The lowest BCUT2D eigenvalue weighted by Crippen LogP contribution is -2.63. The molecule has 6 atom stereocenters. The number of nitrogens with zero attached hydrogens (tertiary/aromatic N) is 7. The van der Waals surface area contributed by atoms with Gasteiger partial charge >= 0.3 is 12.1 Å². The number of methoxy groups -OCH3 is 2. The first kappa shape index (κ1) is 58.1. The molecule has 83 heavy (non-hydrogen) atoms. The number of alkyl halides is 1. The van der Waals surface area contributed by atoms with Crippen molar-refractivity contribution in [2.24, 2.45) is 5.92 Å². The molecule has 2 bridgehead atoms. The van der Waals surface area contributed by atoms with Gasteiger partial charge in [0.2, 0.25) is 0 Å². The number of carbonyl (C=O) groups is 1. The summed E-state index contributed by atoms with van der Waals surface area (Å²) in [5, 5.41) is 0.867. The normalized spacial score (nSPS) is 22.3. The van der Waals surface area contributed by atoms with Crippen molar-refractivity contribution >= 4 is 47.5 Å². The predicted octanol–water partition coefficient (Wildman–Crippen LogP) is 14.2. The molecule has 7 heterocycles. The summed E-state index contributed by atoms with van der Waals surface area (Å²) in [5.74, 6) is 2.60. The lowest BCUT2D eigenvalue weighted by molar-refractivity contribution is 0.00488. The van der Waals surface area contributed by atoms with Gasteiger partial charge < -0.3 is 28.7 Å². The van der Waals surface area contributed by atoms with Gasteiger partial charge in [-0.25, -0.2) is 27.3 Å². The number of hydrogen-bond donors (Lipinski definition) is 0. The Morgan fingerprint density at radius 2 is 1.49 bits per heavy atom. The van der Waals surface area contributed by atoms with Gasteiger partial charge in [-0.15, -0.1) is 5.54 Å². The minimum Gasteiger partial charge on any atom is -0.497 e. The third kappa shape index (κ3) is 10.5. The third-order valence-electron chi connectivity index (χ3n) is 18.8. The van der Waals surface area contributed by atoms with Crippen molar-refractivity contribution in [3.63, 3.8) is 0 Å². The quantitative estimate of drug-likeness (QED) is 0.0591. The highest BCUT2D eigenvalue weighted by molar-refractivity contribution is 6.90. The van der Waals surface area contributed by atoms with Gasteiger partial charge in [-0.1, -0.05) is 84.7 Å². The Hall–Kier alpha value is -6.64. The van der Waals surface area contributed by atoms with Crippen LogP contribution in [0.1, 0.15) is 124 Å². The summed E-state index contributed by atoms with van der Waals surface area (Å²) in [6.45, 7) is 22.8. The molecule has 12 nitrogen and oxygen atoms in total. The van der Waals surface area contributed by atoms with E-state index in [0.29, 0.717) is 67.5 Å². The second-order valence-electron chi connectivity index (χ2n) is 26.0. The lowest BCUT2D eigenvalue weighted by Gasteiger charge is -2.49. The van der Waals surface area contributed by atoms with Gasteiger partial charge in [-0.05, 0) is 135 Å². The molecule has 0 saturated carbocycles. The van der Waals surface area contributed by atoms with Crippen LogP contribution in [0.25, 0.3) is 32.9 Å². The maximum atomic E-state index is 19.2. The van der Waals surface area contributed by atoms with E-state index in [0.717, 1.165) is 30.5 Å². The maximum absolute atomic E-state index is 19.2. The average Bonchev–Trinajstić information content (AvgIpc) is 2.14. The molecule has 0 unspecified atom stereocenters. The average molecular weight is 1150 g/mol. The van der Waals surface area contributed by atoms with Crippen LogP contribution in [0.3, 0.4) is 0 Å². The highest BCUT2D eigenvalue weighted by Gasteiger charge is 2.54. The van der Waals surface area contributed by atoms with Crippen LogP contribution in [0.2, 0.25) is 16.6 Å². The summed E-state index contributed by atoms with van der Waals surface area (Å²) < 4.78 is 94.5. The molecule has 5 aliphatic rings. The van der Waals surface area contributed by atoms with Crippen molar-refractivity contribution in [1.29, 1.82) is 0 Å². The minimum atomic E-state index is -2.53. The molecule has 0 N–H and O–H groups in total. The summed E-state index contributed by atoms with van der Waals surface area (Å²) in [7, 11) is 0.697. The zero-order valence-electron chi connectivity index (χ0n) is 50.1. The standard InChI is InChI=1S/C66H79F4N7O5Si/c1-38(2)83(39(3)4,40(5)6)29-26-49-51(68)24-18-44-31-53(74(33-42-14-20-47(79-11)21-15-42)34-43-16-22-48(80-12)23-17-43)71-59(54(44)49)56-57(69)50-30-41(7)61-52-25-19-46(77(52)64(78)82-65(8,9)10)36-76(61)62-55(50)60(58(56)70)72-63(73-62)81-37-66-27-13-28-75(66)35-45(67)32-66/h14-18,20-24,31,38-41,45-46,52,61H,13,19,25,27-28,30,32-37H2,1-12H3/t41-,45+,46+,52-,61-,66-/m0/s1. The summed E-state index contributed by atoms with van der Waals surface area (Å²) >= 11 is 0. The second-order valence-corrected chi connectivity index (χ2v) is 31.5. The number of hydrogen-bond acceptors (Lipinski definition) is 11. The van der Waals surface area contributed by atoms with E-state index in [1.165, 1.54) is 6.07 Å². The summed E-state index contributed by atoms with van der Waals surface area (Å²) in [4.78, 5) is 37.7. The molecule has 4 fully saturated rings. The fourth-order valence-corrected chi connectivity index (χ4v) is 20.3. The molecule has 11 rings (SSSR count). The van der Waals surface area contributed by atoms with Crippen LogP contribution in [-0.4, -0.2) is 115 Å². The number of rotatable bonds is 14. The van der Waals surface area contributed by atoms with E-state index in [1.54, 1.807) is 20.3 Å². The van der Waals surface area contributed by atoms with Crippen molar-refractivity contribution < 1.29 is 41.3 Å². The van der Waals surface area contributed by atoms with Crippen molar-refractivity contribution in [1.82, 2.24) is 24.8 Å². The first-order valence-corrected chi connectivity index (χ1v) is 32.0. The summed E-state index contributed by atoms with van der Waals surface area (Å²) in [6.07, 6.45) is 1.94. The molecule has 6 aromatic rings. The Bertz CT molecular complexity index is 3440. The first-order valence-electron chi connectivity index (χ1n) is 29.7. The molecule has 5 aliphatic heterocycles. The van der Waals surface area contributed by atoms with Gasteiger partial charge in [0.25, 0.3) is 0 Å². The van der Waals surface area contributed by atoms with Gasteiger partial charge in [0.05, 0.1) is 60.1 Å². The molecule has 2 aromatic heterocycles. The number of ether oxygens (including phenoxy) is 4. The number of anilines is 2. The van der Waals surface area contributed by atoms with Crippen LogP contribution < -0.4 is 24.0 Å². The van der Waals surface area contributed by atoms with Gasteiger partial charge in [-0.3, -0.25) is 9.80 Å². The smallest absolute Gasteiger partial charge is 0.410 e. The minimum absolute atomic E-state index is 0.0104. The second kappa shape index (κ2) is 22.4. The first-order chi connectivity index (χ1) is 39.5. The van der Waals surface area contributed by atoms with Crippen LogP contribution in [0.4, 0.5) is 34.0 Å². The molecule has 4 aromatic carbocycles. The van der Waals surface area contributed by atoms with Crippen LogP contribution in [0, 0.1) is 34.8 Å². The monoisotopic (exact) mass is 1150 g/mol. The molecule has 17 heteroatoms. The third-order valence-corrected chi connectivity index (χ3v) is 25.1. The molecular weight excluding hydrogens is 1070 g/mol. The topological polar surface area (TPSA) is 106 Å². The van der Waals surface area contributed by atoms with E-state index in [1.807, 2.05) is 92.1 Å². The SMILES string of the molecule is COc1ccc(CN(Cc2ccc(OC)cc2)c2cc3ccc(F)c(C#C[Si](C(C)C)(C(C)C)C(C)C)c3c(-c3c(F)c4c5c(nc(OC[C@@]67CCCN6C[C@H](F)C7)nc5c3F)N3C[C@H]5CC[C@@H]([C@@H]3[C@@H](C)C4)N5C(=O)OC(C)(C)C)n2)cc1. The van der Waals surface area contributed by atoms with Crippen molar-refractivity contribution in [3.8, 4) is 40.2 Å². The maximum Gasteiger partial charge on any atom is 0.410 e. The van der Waals surface area contributed by atoms with E-state index in [9.17, 15) is 4.79 Å². The van der Waals surface area contributed by atoms with E-state index in [-0.39, 0.29) is 93.2 Å². The molecule has 1 amide bonds. The number of carbonyl (C=O) groups excluding carboxylic acids is 1. The Kier molecular flexibility index (Phi) is 15.7. The number of halogens is 4. The highest BCUT2D eigenvalue weighted by atomic mass is 28.3.